The number of hydrogen-bond donors (Lipinski definition) is 2. The van der Waals surface area contributed by atoms with Crippen LogP contribution >= 0.6 is 15.9 Å². The van der Waals surface area contributed by atoms with Gasteiger partial charge >= 0.3 is 14.0 Å². The van der Waals surface area contributed by atoms with E-state index >= 15 is 0 Å². The van der Waals surface area contributed by atoms with E-state index in [0.717, 1.165) is 59.8 Å². The van der Waals surface area contributed by atoms with Crippen LogP contribution in [-0.2, 0) is 34.8 Å². The van der Waals surface area contributed by atoms with Gasteiger partial charge in [0, 0.05) is 32.3 Å². The summed E-state index contributed by atoms with van der Waals surface area (Å²) in [4.78, 5) is 10.4. The molecule has 0 aliphatic carbocycles. The Labute approximate surface area is 198 Å². The number of rotatable bonds is 4. The van der Waals surface area contributed by atoms with Crippen molar-refractivity contribution < 1.29 is 28.8 Å². The zero-order valence-electron chi connectivity index (χ0n) is 18.1. The molecule has 0 bridgehead atoms. The molecule has 0 unspecified atom stereocenters. The number of carbonyl (C=O) groups is 1. The molecule has 1 fully saturated rings. The number of benzene rings is 2. The van der Waals surface area contributed by atoms with E-state index in [-0.39, 0.29) is 13.0 Å². The third-order valence-corrected chi connectivity index (χ3v) is 5.96. The smallest absolute Gasteiger partial charge is 0.530 e. The maximum atomic E-state index is 10.4. The van der Waals surface area contributed by atoms with Crippen molar-refractivity contribution in [2.75, 3.05) is 33.0 Å². The molecule has 5 rings (SSSR count). The summed E-state index contributed by atoms with van der Waals surface area (Å²) < 4.78 is 14.3. The van der Waals surface area contributed by atoms with E-state index in [0.29, 0.717) is 13.0 Å². The molecule has 3 aliphatic heterocycles. The van der Waals surface area contributed by atoms with Crippen molar-refractivity contribution in [2.24, 2.45) is 0 Å². The van der Waals surface area contributed by atoms with Gasteiger partial charge in [0.25, 0.3) is 0 Å². The summed E-state index contributed by atoms with van der Waals surface area (Å²) in [5.74, 6) is 1.08. The number of hydrogen-bond acceptors (Lipinski definition) is 4. The largest absolute Gasteiger partial charge is 0.649 e. The van der Waals surface area contributed by atoms with Crippen LogP contribution in [0.25, 0.3) is 0 Å². The molecule has 0 aromatic heterocycles. The lowest BCUT2D eigenvalue weighted by atomic mass is 10.1. The zero-order chi connectivity index (χ0) is 22.9. The highest BCUT2D eigenvalue weighted by molar-refractivity contribution is 9.10. The Bertz CT molecular complexity index is 914. The van der Waals surface area contributed by atoms with Crippen molar-refractivity contribution in [3.05, 3.63) is 57.1 Å². The Morgan fingerprint density at radius 3 is 2.38 bits per heavy atom. The predicted molar refractivity (Wildman–Crippen MR) is 127 cm³/mol. The fraction of sp³-hybridized carbons (Fsp3) is 0.458. The normalized spacial score (nSPS) is 15.9. The Morgan fingerprint density at radius 1 is 1.03 bits per heavy atom. The van der Waals surface area contributed by atoms with Crippen molar-refractivity contribution in [3.63, 3.8) is 0 Å². The molecular weight excluding hydrogens is 475 g/mol. The van der Waals surface area contributed by atoms with Gasteiger partial charge in [-0.3, -0.25) is 4.79 Å². The van der Waals surface area contributed by atoms with Gasteiger partial charge in [0.15, 0.2) is 0 Å². The van der Waals surface area contributed by atoms with E-state index in [1.165, 1.54) is 24.0 Å². The van der Waals surface area contributed by atoms with Crippen LogP contribution in [0.3, 0.4) is 0 Å². The van der Waals surface area contributed by atoms with Crippen molar-refractivity contribution in [2.45, 2.75) is 38.5 Å². The Morgan fingerprint density at radius 2 is 1.72 bits per heavy atom. The lowest BCUT2D eigenvalue weighted by Crippen LogP contribution is -2.02. The molecular formula is C24H29BBrO6+. The van der Waals surface area contributed by atoms with Crippen molar-refractivity contribution in [1.82, 2.24) is 0 Å². The van der Waals surface area contributed by atoms with E-state index in [1.54, 1.807) is 6.07 Å². The zero-order valence-corrected chi connectivity index (χ0v) is 19.7. The van der Waals surface area contributed by atoms with Gasteiger partial charge in [0.2, 0.25) is 0 Å². The van der Waals surface area contributed by atoms with Gasteiger partial charge < -0.3 is 24.0 Å². The molecule has 3 aliphatic rings. The summed E-state index contributed by atoms with van der Waals surface area (Å²) in [6, 6.07) is 9.69. The average molecular weight is 504 g/mol. The monoisotopic (exact) mass is 503 g/mol. The van der Waals surface area contributed by atoms with E-state index in [4.69, 9.17) is 27.7 Å². The second-order valence-corrected chi connectivity index (χ2v) is 8.76. The van der Waals surface area contributed by atoms with Crippen LogP contribution < -0.4 is 9.47 Å². The molecule has 2 N–H and O–H groups in total. The number of aliphatic hydroxyl groups excluding tert-OH is 1. The lowest BCUT2D eigenvalue weighted by Gasteiger charge is -2.05. The number of ether oxygens (including phenoxy) is 2. The SMILES string of the molecule is O=C(O)Cc1ccc2c(c1)CCO2.OCCc1cc(Br)c2c(c1)CCO2.[B][O+]1CCCC1. The fourth-order valence-corrected chi connectivity index (χ4v) is 4.46. The summed E-state index contributed by atoms with van der Waals surface area (Å²) in [5.41, 5.74) is 4.38. The van der Waals surface area contributed by atoms with Crippen LogP contribution in [-0.4, -0.2) is 57.3 Å². The first-order valence-electron chi connectivity index (χ1n) is 10.9. The van der Waals surface area contributed by atoms with Gasteiger partial charge in [-0.1, -0.05) is 18.2 Å². The molecule has 3 heterocycles. The van der Waals surface area contributed by atoms with Crippen LogP contribution in [0.1, 0.15) is 35.1 Å². The minimum absolute atomic E-state index is 0.0906. The first-order valence-corrected chi connectivity index (χ1v) is 11.7. The molecule has 0 saturated carbocycles. The first kappa shape index (κ1) is 24.6. The summed E-state index contributed by atoms with van der Waals surface area (Å²) in [5, 5.41) is 17.4. The molecule has 170 valence electrons. The Balaban J connectivity index is 0.000000145. The number of aliphatic hydroxyl groups is 1. The lowest BCUT2D eigenvalue weighted by molar-refractivity contribution is -0.136. The van der Waals surface area contributed by atoms with Crippen molar-refractivity contribution in [1.29, 1.82) is 0 Å². The average Bonchev–Trinajstić information content (AvgIpc) is 3.50. The molecule has 2 aromatic carbocycles. The summed E-state index contributed by atoms with van der Waals surface area (Å²) in [6.45, 7) is 3.72. The highest BCUT2D eigenvalue weighted by Crippen LogP contribution is 2.34. The second-order valence-electron chi connectivity index (χ2n) is 7.90. The molecule has 0 atom stereocenters. The predicted octanol–water partition coefficient (Wildman–Crippen LogP) is 3.58. The van der Waals surface area contributed by atoms with Gasteiger partial charge in [-0.15, -0.1) is 0 Å². The number of carboxylic acid groups (broad SMARTS) is 1. The maximum absolute atomic E-state index is 10.4. The highest BCUT2D eigenvalue weighted by Gasteiger charge is 2.16. The Kier molecular flexibility index (Phi) is 9.44. The highest BCUT2D eigenvalue weighted by atomic mass is 79.9. The molecule has 0 spiro atoms. The van der Waals surface area contributed by atoms with Crippen molar-refractivity contribution in [3.8, 4) is 11.5 Å². The van der Waals surface area contributed by atoms with Crippen LogP contribution in [0.2, 0.25) is 0 Å². The summed E-state index contributed by atoms with van der Waals surface area (Å²) in [7, 11) is 5.28. The van der Waals surface area contributed by atoms with E-state index in [9.17, 15) is 4.79 Å². The van der Waals surface area contributed by atoms with E-state index < -0.39 is 5.97 Å². The van der Waals surface area contributed by atoms with Crippen LogP contribution in [0.5, 0.6) is 11.5 Å². The first-order chi connectivity index (χ1) is 15.5. The van der Waals surface area contributed by atoms with E-state index in [1.807, 2.05) is 18.2 Å². The van der Waals surface area contributed by atoms with Gasteiger partial charge in [-0.05, 0) is 56.7 Å². The molecule has 8 heteroatoms. The molecule has 6 nitrogen and oxygen atoms in total. The minimum atomic E-state index is -0.793. The Hall–Kier alpha value is -2.03. The van der Waals surface area contributed by atoms with Gasteiger partial charge in [0.1, 0.15) is 24.7 Å². The third-order valence-electron chi connectivity index (χ3n) is 5.37. The molecule has 32 heavy (non-hydrogen) atoms. The second kappa shape index (κ2) is 12.3. The molecule has 2 radical (unpaired) electrons. The molecule has 1 saturated heterocycles. The van der Waals surface area contributed by atoms with E-state index in [2.05, 4.69) is 26.3 Å². The summed E-state index contributed by atoms with van der Waals surface area (Å²) in [6.07, 6.45) is 5.18. The molecule has 0 amide bonds. The quantitative estimate of drug-likeness (QED) is 0.492. The van der Waals surface area contributed by atoms with Crippen molar-refractivity contribution >= 4 is 29.9 Å². The molecule has 2 aromatic rings. The maximum Gasteiger partial charge on any atom is 0.649 e. The number of carboxylic acids is 1. The van der Waals surface area contributed by atoms with Gasteiger partial charge in [-0.2, -0.15) is 0 Å². The minimum Gasteiger partial charge on any atom is -0.530 e. The van der Waals surface area contributed by atoms with Gasteiger partial charge in [0.05, 0.1) is 24.1 Å². The number of fused-ring (bicyclic) bond motifs is 2. The topological polar surface area (TPSA) is 78.7 Å². The summed E-state index contributed by atoms with van der Waals surface area (Å²) >= 11 is 3.46. The number of aliphatic carboxylic acids is 1. The fourth-order valence-electron chi connectivity index (χ4n) is 3.80. The van der Waals surface area contributed by atoms with Gasteiger partial charge in [-0.25, -0.2) is 0 Å². The van der Waals surface area contributed by atoms with Crippen LogP contribution in [0.4, 0.5) is 0 Å². The van der Waals surface area contributed by atoms with Crippen LogP contribution in [0.15, 0.2) is 34.8 Å². The standard InChI is InChI=1S/C10H11BrO2.C10H10O3.C4H8BO/c11-9-6-7(1-3-12)5-8-2-4-13-10(8)9;11-10(12)6-7-1-2-9-8(5-7)3-4-13-9;5-6-3-1-2-4-6/h5-6,12H,1-4H2;1-2,5H,3-4,6H2,(H,11,12);1-4H2/q;;+1. The number of halogens is 1. The van der Waals surface area contributed by atoms with Crippen LogP contribution in [0, 0.1) is 0 Å². The third kappa shape index (κ3) is 7.25.